The van der Waals surface area contributed by atoms with Crippen molar-refractivity contribution in [3.8, 4) is 11.5 Å². The molecule has 0 aromatic heterocycles. The number of hydrogen-bond donors (Lipinski definition) is 1. The lowest BCUT2D eigenvalue weighted by molar-refractivity contribution is -0.0699. The minimum atomic E-state index is -1.12. The Bertz CT molecular complexity index is 1330. The lowest BCUT2D eigenvalue weighted by Gasteiger charge is -2.39. The summed E-state index contributed by atoms with van der Waals surface area (Å²) in [7, 11) is -2.21. The second-order valence-corrected chi connectivity index (χ2v) is 13.8. The van der Waals surface area contributed by atoms with Crippen LogP contribution >= 0.6 is 0 Å². The van der Waals surface area contributed by atoms with Crippen molar-refractivity contribution in [3.63, 3.8) is 0 Å². The third-order valence-corrected chi connectivity index (χ3v) is 7.31. The third kappa shape index (κ3) is 12.1. The van der Waals surface area contributed by atoms with E-state index in [2.05, 4.69) is 33.0 Å². The number of ether oxygens (including phenoxy) is 2. The number of carbonyl (C=O) groups excluding carboxylic acids is 2. The Kier molecular flexibility index (Phi) is 13.9. The number of nitrogens with one attached hydrogen (secondary N) is 1. The summed E-state index contributed by atoms with van der Waals surface area (Å²) < 4.78 is 45.6. The molecule has 0 atom stereocenters. The van der Waals surface area contributed by atoms with Crippen molar-refractivity contribution in [1.82, 2.24) is 5.32 Å². The molecule has 0 saturated heterocycles. The van der Waals surface area contributed by atoms with Crippen LogP contribution in [0.25, 0.3) is 0 Å². The van der Waals surface area contributed by atoms with Gasteiger partial charge in [-0.3, -0.25) is 0 Å². The van der Waals surface area contributed by atoms with Crippen molar-refractivity contribution in [1.29, 1.82) is 0 Å². The smallest absolute Gasteiger partial charge is 0.500 e. The molecule has 2 aromatic carbocycles. The highest BCUT2D eigenvalue weighted by Gasteiger charge is 2.39. The molecule has 11 nitrogen and oxygen atoms in total. The fourth-order valence-corrected chi connectivity index (χ4v) is 4.93. The normalized spacial score (nSPS) is 14.8. The zero-order chi connectivity index (χ0) is 32.9. The summed E-state index contributed by atoms with van der Waals surface area (Å²) in [5.74, 6) is -0.0753. The Labute approximate surface area is 281 Å². The molecule has 0 bridgehead atoms. The summed E-state index contributed by atoms with van der Waals surface area (Å²) in [6, 6.07) is 13.8. The lowest BCUT2D eigenvalue weighted by Crippen LogP contribution is -2.56. The summed E-state index contributed by atoms with van der Waals surface area (Å²) in [6.07, 6.45) is 1.29. The molecule has 2 heterocycles. The average Bonchev–Trinajstić information content (AvgIpc) is 2.94. The van der Waals surface area contributed by atoms with E-state index < -0.39 is 37.8 Å². The maximum absolute atomic E-state index is 12.2. The molecule has 1 N–H and O–H groups in total. The van der Waals surface area contributed by atoms with Gasteiger partial charge in [-0.2, -0.15) is 0 Å². The van der Waals surface area contributed by atoms with Crippen LogP contribution in [0.3, 0.4) is 0 Å². The molecule has 0 aliphatic carbocycles. The lowest BCUT2D eigenvalue weighted by atomic mass is 9.94. The van der Waals surface area contributed by atoms with Crippen molar-refractivity contribution in [2.75, 3.05) is 26.4 Å². The van der Waals surface area contributed by atoms with Gasteiger partial charge < -0.3 is 42.7 Å². The zero-order valence-electron chi connectivity index (χ0n) is 27.6. The van der Waals surface area contributed by atoms with Crippen LogP contribution in [-0.2, 0) is 28.1 Å². The number of rotatable bonds is 16. The molecule has 260 valence electrons. The molecule has 47 heavy (non-hydrogen) atoms. The van der Waals surface area contributed by atoms with Crippen LogP contribution in [0.15, 0.2) is 48.5 Å². The summed E-state index contributed by atoms with van der Waals surface area (Å²) in [5.41, 5.74) is -0.984. The molecular formula is C34H53B2NO10. The Balaban J connectivity index is 0.00000384. The fraction of sp³-hybridized carbons (Fsp3) is 0.588. The topological polar surface area (TPSA) is 120 Å². The van der Waals surface area contributed by atoms with Gasteiger partial charge >= 0.3 is 26.6 Å². The predicted octanol–water partition coefficient (Wildman–Crippen LogP) is 6.28. The standard InChI is InChI=1S/C32H45B2NO10.2CH4/c1-29(2,17-19-38-32(7,8)22-41-34-43-26-16-12-10-14-24(26)28(37)45-34)35-30(3,4)21-39-31(5,6)18-20-40-33-42-25-15-11-9-13-23(25)27(36)44-33;;/h9-16,35H,17-22H2,1-8H3;2*1H4. The summed E-state index contributed by atoms with van der Waals surface area (Å²) in [4.78, 5) is 24.4. The molecule has 0 radical (unpaired) electrons. The van der Waals surface area contributed by atoms with Crippen LogP contribution < -0.4 is 14.6 Å². The molecular weight excluding hydrogens is 604 g/mol. The van der Waals surface area contributed by atoms with E-state index >= 15 is 0 Å². The minimum absolute atomic E-state index is 0. The summed E-state index contributed by atoms with van der Waals surface area (Å²) in [5, 5.41) is 3.69. The van der Waals surface area contributed by atoms with Crippen molar-refractivity contribution in [3.05, 3.63) is 59.7 Å². The van der Waals surface area contributed by atoms with E-state index in [1.54, 1.807) is 48.5 Å². The van der Waals surface area contributed by atoms with Gasteiger partial charge in [0.15, 0.2) is 0 Å². The molecule has 2 aromatic rings. The molecule has 4 rings (SSSR count). The second kappa shape index (κ2) is 16.3. The highest BCUT2D eigenvalue weighted by molar-refractivity contribution is 6.42. The SMILES string of the molecule is C.C.CC(C)(CCOC(C)(C)COB1OC(=O)c2ccccc2O1)NC(C)(C)COC(C)(C)CCOB1OC(=O)c2ccccc2O1. The zero-order valence-corrected chi connectivity index (χ0v) is 27.6. The van der Waals surface area contributed by atoms with Crippen LogP contribution in [0.5, 0.6) is 11.5 Å². The van der Waals surface area contributed by atoms with Crippen LogP contribution in [0, 0.1) is 0 Å². The number of carbonyl (C=O) groups is 2. The van der Waals surface area contributed by atoms with Gasteiger partial charge in [0.1, 0.15) is 11.5 Å². The molecule has 0 spiro atoms. The van der Waals surface area contributed by atoms with Gasteiger partial charge in [-0.15, -0.1) is 0 Å². The first-order valence-electron chi connectivity index (χ1n) is 15.3. The number of hydrogen-bond acceptors (Lipinski definition) is 11. The van der Waals surface area contributed by atoms with E-state index in [1.165, 1.54) is 0 Å². The van der Waals surface area contributed by atoms with E-state index in [-0.39, 0.29) is 39.1 Å². The first-order valence-corrected chi connectivity index (χ1v) is 15.3. The molecule has 0 fully saturated rings. The maximum Gasteiger partial charge on any atom is 0.790 e. The highest BCUT2D eigenvalue weighted by Crippen LogP contribution is 2.27. The maximum atomic E-state index is 12.2. The van der Waals surface area contributed by atoms with Gasteiger partial charge in [-0.05, 0) is 92.5 Å². The first kappa shape index (κ1) is 40.1. The Morgan fingerprint density at radius 2 is 1.11 bits per heavy atom. The van der Waals surface area contributed by atoms with Gasteiger partial charge in [-0.25, -0.2) is 9.59 Å². The quantitative estimate of drug-likeness (QED) is 0.206. The Morgan fingerprint density at radius 3 is 1.66 bits per heavy atom. The fourth-order valence-electron chi connectivity index (χ4n) is 4.93. The van der Waals surface area contributed by atoms with Crippen molar-refractivity contribution in [2.24, 2.45) is 0 Å². The molecule has 0 unspecified atom stereocenters. The third-order valence-electron chi connectivity index (χ3n) is 7.31. The van der Waals surface area contributed by atoms with Gasteiger partial charge in [0.05, 0.1) is 35.5 Å². The van der Waals surface area contributed by atoms with Gasteiger partial charge in [0.25, 0.3) is 0 Å². The Hall–Kier alpha value is -3.09. The van der Waals surface area contributed by atoms with Crippen LogP contribution in [-0.4, -0.2) is 75.3 Å². The van der Waals surface area contributed by atoms with Crippen LogP contribution in [0.4, 0.5) is 0 Å². The molecule has 0 amide bonds. The number of para-hydroxylation sites is 2. The molecule has 2 aliphatic rings. The van der Waals surface area contributed by atoms with Gasteiger partial charge in [-0.1, -0.05) is 39.1 Å². The van der Waals surface area contributed by atoms with Crippen LogP contribution in [0.2, 0.25) is 0 Å². The molecule has 0 saturated carbocycles. The Morgan fingerprint density at radius 1 is 0.596 bits per heavy atom. The molecule has 13 heteroatoms. The molecule has 2 aliphatic heterocycles. The minimum Gasteiger partial charge on any atom is -0.500 e. The van der Waals surface area contributed by atoms with E-state index in [9.17, 15) is 9.59 Å². The monoisotopic (exact) mass is 657 g/mol. The van der Waals surface area contributed by atoms with Gasteiger partial charge in [0, 0.05) is 24.3 Å². The second-order valence-electron chi connectivity index (χ2n) is 13.8. The van der Waals surface area contributed by atoms with E-state index in [0.717, 1.165) is 6.42 Å². The summed E-state index contributed by atoms with van der Waals surface area (Å²) in [6.45, 7) is 17.6. The predicted molar refractivity (Wildman–Crippen MR) is 182 cm³/mol. The largest absolute Gasteiger partial charge is 0.790 e. The van der Waals surface area contributed by atoms with Crippen molar-refractivity contribution < 1.29 is 47.0 Å². The van der Waals surface area contributed by atoms with E-state index in [4.69, 9.17) is 37.4 Å². The van der Waals surface area contributed by atoms with E-state index in [1.807, 2.05) is 27.7 Å². The van der Waals surface area contributed by atoms with Crippen molar-refractivity contribution >= 4 is 26.6 Å². The number of fused-ring (bicyclic) bond motifs is 2. The average molecular weight is 657 g/mol. The number of benzene rings is 2. The highest BCUT2D eigenvalue weighted by atomic mass is 16.8. The summed E-state index contributed by atoms with van der Waals surface area (Å²) >= 11 is 0. The van der Waals surface area contributed by atoms with Crippen LogP contribution in [0.1, 0.15) is 104 Å². The van der Waals surface area contributed by atoms with Gasteiger partial charge in [0.2, 0.25) is 0 Å². The van der Waals surface area contributed by atoms with E-state index in [0.29, 0.717) is 42.3 Å². The first-order chi connectivity index (χ1) is 21.0. The van der Waals surface area contributed by atoms with Crippen molar-refractivity contribution in [2.45, 2.75) is 105 Å².